The van der Waals surface area contributed by atoms with Crippen LogP contribution in [-0.4, -0.2) is 152 Å². The summed E-state index contributed by atoms with van der Waals surface area (Å²) in [6.07, 6.45) is 4.17. The number of amides is 8. The van der Waals surface area contributed by atoms with E-state index in [4.69, 9.17) is 11.5 Å². The Bertz CT molecular complexity index is 1950. The van der Waals surface area contributed by atoms with Gasteiger partial charge in [-0.25, -0.2) is 9.78 Å². The number of rotatable bonds is 32. The van der Waals surface area contributed by atoms with Gasteiger partial charge < -0.3 is 68.8 Å². The number of imidazole rings is 1. The van der Waals surface area contributed by atoms with Gasteiger partial charge in [0.05, 0.1) is 18.9 Å². The Hall–Kier alpha value is -6.17. The largest absolute Gasteiger partial charge is 0.481 e. The summed E-state index contributed by atoms with van der Waals surface area (Å²) in [5.41, 5.74) is 12.3. The zero-order valence-electron chi connectivity index (χ0n) is 42.5. The molecule has 1 fully saturated rings. The van der Waals surface area contributed by atoms with E-state index in [2.05, 4.69) is 47.2 Å². The monoisotopic (exact) mass is 1000 g/mol. The van der Waals surface area contributed by atoms with Crippen molar-refractivity contribution >= 4 is 59.2 Å². The van der Waals surface area contributed by atoms with Crippen LogP contribution >= 0.6 is 0 Å². The number of likely N-dealkylation sites (tertiary alicyclic amines) is 1. The number of unbranched alkanes of at least 4 members (excludes halogenated alkanes) is 1. The lowest BCUT2D eigenvalue weighted by atomic mass is 9.97. The quantitative estimate of drug-likeness (QED) is 0.0392. The molecule has 0 radical (unpaired) electrons. The summed E-state index contributed by atoms with van der Waals surface area (Å²) in [4.78, 5) is 141. The van der Waals surface area contributed by atoms with Crippen LogP contribution in [0.1, 0.15) is 125 Å². The Morgan fingerprint density at radius 1 is 0.746 bits per heavy atom. The van der Waals surface area contributed by atoms with Crippen LogP contribution < -0.4 is 48.7 Å². The maximum absolute atomic E-state index is 14.4. The minimum Gasteiger partial charge on any atom is -0.481 e. The fourth-order valence-corrected chi connectivity index (χ4v) is 7.92. The van der Waals surface area contributed by atoms with Gasteiger partial charge in [0.1, 0.15) is 42.3 Å². The van der Waals surface area contributed by atoms with Gasteiger partial charge in [0.15, 0.2) is 0 Å². The second-order valence-electron chi connectivity index (χ2n) is 19.5. The number of carboxylic acids is 2. The fraction of sp³-hybridized carbons (Fsp3) is 0.723. The van der Waals surface area contributed by atoms with Crippen LogP contribution in [0, 0.1) is 23.7 Å². The molecule has 0 bridgehead atoms. The van der Waals surface area contributed by atoms with E-state index in [0.29, 0.717) is 31.4 Å². The summed E-state index contributed by atoms with van der Waals surface area (Å²) in [5.74, 6) is -9.16. The third-order valence-electron chi connectivity index (χ3n) is 12.2. The van der Waals surface area contributed by atoms with Gasteiger partial charge in [0.2, 0.25) is 47.3 Å². The lowest BCUT2D eigenvalue weighted by Crippen LogP contribution is -2.60. The Balaban J connectivity index is 2.36. The molecule has 9 atom stereocenters. The van der Waals surface area contributed by atoms with Gasteiger partial charge in [0, 0.05) is 31.3 Å². The number of carboxylic acid groups (broad SMARTS) is 2. The topological polar surface area (TPSA) is 379 Å². The minimum atomic E-state index is -1.46. The first-order valence-corrected chi connectivity index (χ1v) is 24.7. The lowest BCUT2D eigenvalue weighted by molar-refractivity contribution is -0.144. The maximum Gasteiger partial charge on any atom is 0.326 e. The molecule has 8 amide bonds. The van der Waals surface area contributed by atoms with Crippen molar-refractivity contribution in [1.82, 2.24) is 52.1 Å². The number of aliphatic carboxylic acids is 2. The number of hydrogen-bond acceptors (Lipinski definition) is 13. The molecule has 14 N–H and O–H groups in total. The highest BCUT2D eigenvalue weighted by atomic mass is 16.4. The first kappa shape index (κ1) is 61.0. The molecule has 24 nitrogen and oxygen atoms in total. The standard InChI is InChI=1S/C47H80N12O12/c1-9-28(8)38(49)45(68)57-33(20-26(4)5)42(65)53-30(13-10-11-17-48)41(64)54-31(15-16-37(61)62)46(69)59-18-12-14-35(59)44(67)56-32(19-25(2)3)43(66)55-34(21-29-22-50-24-52-29)40(63)51-23-36(60)58-39(27(6)7)47(70)71/h22,24-28,30-35,38-39H,9-21,23,48-49H2,1-8H3,(H,50,52)(H,51,63)(H,53,65)(H,54,64)(H,55,66)(H,56,67)(H,57,68)(H,58,60)(H,61,62)(H,70,71)/t28-,30-,31-,32-,33-,34-,35-,38-,39-/m0/s1. The second kappa shape index (κ2) is 30.5. The Morgan fingerprint density at radius 3 is 1.86 bits per heavy atom. The molecular weight excluding hydrogens is 925 g/mol. The number of hydrogen-bond donors (Lipinski definition) is 12. The average Bonchev–Trinajstić information content (AvgIpc) is 4.02. The zero-order chi connectivity index (χ0) is 53.5. The van der Waals surface area contributed by atoms with E-state index in [1.54, 1.807) is 27.7 Å². The Kier molecular flexibility index (Phi) is 26.2. The van der Waals surface area contributed by atoms with Crippen molar-refractivity contribution in [1.29, 1.82) is 0 Å². The Morgan fingerprint density at radius 2 is 1.32 bits per heavy atom. The summed E-state index contributed by atoms with van der Waals surface area (Å²) in [6.45, 7) is 14.0. The van der Waals surface area contributed by atoms with Gasteiger partial charge in [-0.15, -0.1) is 0 Å². The average molecular weight is 1010 g/mol. The second-order valence-corrected chi connectivity index (χ2v) is 19.5. The molecule has 0 saturated carbocycles. The van der Waals surface area contributed by atoms with Crippen molar-refractivity contribution in [2.45, 2.75) is 174 Å². The molecule has 2 rings (SSSR count). The van der Waals surface area contributed by atoms with Crippen LogP contribution in [0.4, 0.5) is 0 Å². The molecule has 24 heteroatoms. The van der Waals surface area contributed by atoms with Crippen LogP contribution in [0.2, 0.25) is 0 Å². The highest BCUT2D eigenvalue weighted by molar-refractivity contribution is 5.98. The molecular formula is C47H80N12O12. The fourth-order valence-electron chi connectivity index (χ4n) is 7.92. The smallest absolute Gasteiger partial charge is 0.326 e. The summed E-state index contributed by atoms with van der Waals surface area (Å²) in [5, 5.41) is 37.4. The van der Waals surface area contributed by atoms with E-state index in [0.717, 1.165) is 0 Å². The molecule has 1 aliphatic rings. The van der Waals surface area contributed by atoms with Crippen molar-refractivity contribution in [3.63, 3.8) is 0 Å². The minimum absolute atomic E-state index is 0.0494. The predicted molar refractivity (Wildman–Crippen MR) is 260 cm³/mol. The number of aromatic amines is 1. The molecule has 0 aliphatic carbocycles. The number of carbonyl (C=O) groups is 10. The molecule has 400 valence electrons. The summed E-state index contributed by atoms with van der Waals surface area (Å²) >= 11 is 0. The van der Waals surface area contributed by atoms with E-state index in [-0.39, 0.29) is 69.4 Å². The molecule has 0 spiro atoms. The number of nitrogens with one attached hydrogen (secondary N) is 8. The molecule has 0 aromatic carbocycles. The molecule has 2 heterocycles. The number of nitrogens with two attached hydrogens (primary N) is 2. The Labute approximate surface area is 415 Å². The van der Waals surface area contributed by atoms with E-state index >= 15 is 0 Å². The highest BCUT2D eigenvalue weighted by Gasteiger charge is 2.40. The van der Waals surface area contributed by atoms with Gasteiger partial charge in [-0.3, -0.25) is 43.2 Å². The molecule has 1 aliphatic heterocycles. The molecule has 1 aromatic rings. The normalized spacial score (nSPS) is 16.9. The van der Waals surface area contributed by atoms with Gasteiger partial charge in [0.25, 0.3) is 0 Å². The predicted octanol–water partition coefficient (Wildman–Crippen LogP) is -0.832. The van der Waals surface area contributed by atoms with Crippen LogP contribution in [0.3, 0.4) is 0 Å². The summed E-state index contributed by atoms with van der Waals surface area (Å²) in [6, 6.07) is -9.53. The number of H-pyrrole nitrogens is 1. The van der Waals surface area contributed by atoms with Crippen molar-refractivity contribution in [3.05, 3.63) is 18.2 Å². The third kappa shape index (κ3) is 21.0. The first-order valence-electron chi connectivity index (χ1n) is 24.7. The molecule has 1 aromatic heterocycles. The number of aromatic nitrogens is 2. The molecule has 71 heavy (non-hydrogen) atoms. The summed E-state index contributed by atoms with van der Waals surface area (Å²) in [7, 11) is 0. The van der Waals surface area contributed by atoms with Crippen molar-refractivity contribution in [2.75, 3.05) is 19.6 Å². The van der Waals surface area contributed by atoms with E-state index in [1.807, 2.05) is 27.7 Å². The van der Waals surface area contributed by atoms with Gasteiger partial charge in [-0.1, -0.05) is 61.8 Å². The van der Waals surface area contributed by atoms with Crippen LogP contribution in [0.5, 0.6) is 0 Å². The number of carbonyl (C=O) groups excluding carboxylic acids is 8. The SMILES string of the molecule is CC[C@H](C)[C@H](N)C(=O)N[C@@H](CC(C)C)C(=O)N[C@@H](CCCCN)C(=O)N[C@@H](CCC(=O)O)C(=O)N1CCC[C@H]1C(=O)N[C@@H](CC(C)C)C(=O)N[C@@H](Cc1cnc[nH]1)C(=O)NCC(=O)N[C@H](C(=O)O)C(C)C. The van der Waals surface area contributed by atoms with Gasteiger partial charge in [-0.2, -0.15) is 0 Å². The van der Waals surface area contributed by atoms with Crippen molar-refractivity contribution in [3.8, 4) is 0 Å². The first-order chi connectivity index (χ1) is 33.4. The molecule has 1 saturated heterocycles. The lowest BCUT2D eigenvalue weighted by Gasteiger charge is -2.31. The van der Waals surface area contributed by atoms with E-state index in [1.165, 1.54) is 17.4 Å². The van der Waals surface area contributed by atoms with E-state index < -0.39 is 126 Å². The van der Waals surface area contributed by atoms with Gasteiger partial charge >= 0.3 is 11.9 Å². The summed E-state index contributed by atoms with van der Waals surface area (Å²) < 4.78 is 0. The maximum atomic E-state index is 14.4. The highest BCUT2D eigenvalue weighted by Crippen LogP contribution is 2.21. The van der Waals surface area contributed by atoms with Crippen LogP contribution in [0.25, 0.3) is 0 Å². The van der Waals surface area contributed by atoms with Gasteiger partial charge in [-0.05, 0) is 81.6 Å². The van der Waals surface area contributed by atoms with Crippen LogP contribution in [0.15, 0.2) is 12.5 Å². The van der Waals surface area contributed by atoms with Crippen molar-refractivity contribution < 1.29 is 58.2 Å². The third-order valence-corrected chi connectivity index (χ3v) is 12.2. The number of nitrogens with zero attached hydrogens (tertiary/aromatic N) is 2. The zero-order valence-corrected chi connectivity index (χ0v) is 42.5. The van der Waals surface area contributed by atoms with Crippen LogP contribution in [-0.2, 0) is 54.4 Å². The van der Waals surface area contributed by atoms with E-state index in [9.17, 15) is 58.2 Å². The van der Waals surface area contributed by atoms with Crippen molar-refractivity contribution in [2.24, 2.45) is 35.1 Å². The molecule has 0 unspecified atom stereocenters.